The molecular weight excluding hydrogens is 608 g/mol. The number of halogens is 1. The maximum Gasteiger partial charge on any atom is 0.301 e. The summed E-state index contributed by atoms with van der Waals surface area (Å²) in [5, 5.41) is 35.1. The van der Waals surface area contributed by atoms with Crippen LogP contribution in [0.4, 0.5) is 22.7 Å². The van der Waals surface area contributed by atoms with Crippen LogP contribution in [0.15, 0.2) is 64.8 Å². The summed E-state index contributed by atoms with van der Waals surface area (Å²) in [5.74, 6) is -6.08. The number of hydrogen-bond donors (Lipinski definition) is 1. The van der Waals surface area contributed by atoms with Gasteiger partial charge in [-0.1, -0.05) is 23.3 Å². The maximum atomic E-state index is 14.2. The Labute approximate surface area is 260 Å². The van der Waals surface area contributed by atoms with Crippen LogP contribution in [-0.2, 0) is 19.2 Å². The van der Waals surface area contributed by atoms with Gasteiger partial charge in [-0.05, 0) is 50.0 Å². The summed E-state index contributed by atoms with van der Waals surface area (Å²) in [4.78, 5) is 79.1. The number of carbonyl (C=O) groups is 4. The number of nitro benzene ring substituents is 2. The first-order valence-electron chi connectivity index (χ1n) is 13.9. The maximum absolute atomic E-state index is 14.2. The number of fused-ring (bicyclic) bond motifs is 3. The van der Waals surface area contributed by atoms with Crippen molar-refractivity contribution < 1.29 is 34.1 Å². The molecule has 1 aliphatic heterocycles. The van der Waals surface area contributed by atoms with E-state index < -0.39 is 68.3 Å². The molecule has 2 aromatic rings. The summed E-state index contributed by atoms with van der Waals surface area (Å²) in [6.45, 7) is 1.51. The fourth-order valence-corrected chi connectivity index (χ4v) is 7.38. The molecule has 6 rings (SSSR count). The minimum Gasteiger partial charge on any atom is -0.508 e. The number of ketones is 2. The molecular formula is C31H25ClN4O9. The van der Waals surface area contributed by atoms with Gasteiger partial charge in [0.1, 0.15) is 5.75 Å². The number of benzene rings is 2. The average Bonchev–Trinajstić information content (AvgIpc) is 3.24. The highest BCUT2D eigenvalue weighted by Gasteiger charge is 2.57. The summed E-state index contributed by atoms with van der Waals surface area (Å²) in [7, 11) is 2.80. The molecule has 0 radical (unpaired) electrons. The normalized spacial score (nSPS) is 24.1. The molecule has 2 amide bonds. The van der Waals surface area contributed by atoms with Crippen LogP contribution in [0.2, 0.25) is 5.02 Å². The number of imide groups is 1. The number of nitro groups is 2. The van der Waals surface area contributed by atoms with E-state index in [0.29, 0.717) is 5.57 Å². The standard InChI is InChI=1S/C31H25ClN4O9/c1-13-8-24(38)27-20(29(13)39)12-18-16(25(27)19-9-14(32)4-7-23(19)37)5-6-17-26(18)31(41)34(30(17)40)15-10-21(35(42)43)28(33(2)3)22(11-15)36(44)45/h4-5,7-11,17-18,25-26,37H,6,12H2,1-3H3. The topological polar surface area (TPSA) is 181 Å². The molecule has 1 heterocycles. The molecule has 1 fully saturated rings. The molecule has 0 saturated carbocycles. The van der Waals surface area contributed by atoms with Crippen molar-refractivity contribution in [3.63, 3.8) is 0 Å². The molecule has 1 N–H and O–H groups in total. The van der Waals surface area contributed by atoms with Gasteiger partial charge in [-0.15, -0.1) is 0 Å². The Bertz CT molecular complexity index is 1860. The number of allylic oxidation sites excluding steroid dienone is 6. The molecule has 4 aliphatic rings. The minimum atomic E-state index is -1.05. The van der Waals surface area contributed by atoms with E-state index >= 15 is 0 Å². The molecule has 45 heavy (non-hydrogen) atoms. The molecule has 0 aromatic heterocycles. The van der Waals surface area contributed by atoms with E-state index in [-0.39, 0.29) is 57.3 Å². The second-order valence-corrected chi connectivity index (χ2v) is 12.1. The highest BCUT2D eigenvalue weighted by Crippen LogP contribution is 2.57. The number of amides is 2. The third-order valence-electron chi connectivity index (χ3n) is 9.02. The van der Waals surface area contributed by atoms with Gasteiger partial charge in [0, 0.05) is 59.5 Å². The van der Waals surface area contributed by atoms with Gasteiger partial charge in [-0.3, -0.25) is 39.4 Å². The largest absolute Gasteiger partial charge is 0.508 e. The molecule has 4 unspecified atom stereocenters. The monoisotopic (exact) mass is 632 g/mol. The van der Waals surface area contributed by atoms with Crippen molar-refractivity contribution in [3.05, 3.63) is 95.6 Å². The lowest BCUT2D eigenvalue weighted by molar-refractivity contribution is -0.392. The van der Waals surface area contributed by atoms with Gasteiger partial charge in [0.15, 0.2) is 17.3 Å². The van der Waals surface area contributed by atoms with E-state index in [1.54, 1.807) is 6.08 Å². The quantitative estimate of drug-likeness (QED) is 0.161. The van der Waals surface area contributed by atoms with Crippen LogP contribution in [0.25, 0.3) is 0 Å². The Morgan fingerprint density at radius 1 is 0.978 bits per heavy atom. The van der Waals surface area contributed by atoms with E-state index in [1.807, 2.05) is 0 Å². The van der Waals surface area contributed by atoms with Gasteiger partial charge < -0.3 is 10.0 Å². The van der Waals surface area contributed by atoms with Crippen LogP contribution in [0.3, 0.4) is 0 Å². The zero-order valence-electron chi connectivity index (χ0n) is 24.1. The smallest absolute Gasteiger partial charge is 0.301 e. The Kier molecular flexibility index (Phi) is 6.96. The number of carbonyl (C=O) groups excluding carboxylic acids is 4. The van der Waals surface area contributed by atoms with E-state index in [4.69, 9.17) is 11.6 Å². The van der Waals surface area contributed by atoms with E-state index in [1.165, 1.54) is 50.2 Å². The first kappa shape index (κ1) is 29.9. The van der Waals surface area contributed by atoms with Crippen LogP contribution in [0.5, 0.6) is 5.75 Å². The molecule has 1 saturated heterocycles. The number of hydrogen-bond acceptors (Lipinski definition) is 10. The Hall–Kier alpha value is -5.17. The summed E-state index contributed by atoms with van der Waals surface area (Å²) in [6, 6.07) is 6.26. The molecule has 230 valence electrons. The molecule has 13 nitrogen and oxygen atoms in total. The number of phenolic OH excluding ortho intramolecular Hbond substituents is 1. The predicted octanol–water partition coefficient (Wildman–Crippen LogP) is 4.56. The summed E-state index contributed by atoms with van der Waals surface area (Å²) in [6.07, 6.45) is 2.99. The SMILES string of the molecule is CC1=CC(=O)C2=C(CC3C(=CCC4C(=O)N(c5cc([N+](=O)[O-])c(N(C)C)c([N+](=O)[O-])c5)C(=O)C43)C2c2cc(Cl)ccc2O)C1=O. The fraction of sp³-hybridized carbons (Fsp3) is 0.290. The summed E-state index contributed by atoms with van der Waals surface area (Å²) < 4.78 is 0. The summed E-state index contributed by atoms with van der Waals surface area (Å²) >= 11 is 6.28. The molecule has 3 aliphatic carbocycles. The molecule has 2 aromatic carbocycles. The Morgan fingerprint density at radius 2 is 1.62 bits per heavy atom. The van der Waals surface area contributed by atoms with Crippen molar-refractivity contribution in [1.29, 1.82) is 0 Å². The Balaban J connectivity index is 1.50. The van der Waals surface area contributed by atoms with Gasteiger partial charge >= 0.3 is 11.4 Å². The minimum absolute atomic E-state index is 0.0391. The van der Waals surface area contributed by atoms with Crippen molar-refractivity contribution in [2.45, 2.75) is 25.7 Å². The average molecular weight is 633 g/mol. The van der Waals surface area contributed by atoms with Crippen molar-refractivity contribution in [3.8, 4) is 5.75 Å². The second-order valence-electron chi connectivity index (χ2n) is 11.7. The van der Waals surface area contributed by atoms with Crippen molar-refractivity contribution in [2.24, 2.45) is 17.8 Å². The third kappa shape index (κ3) is 4.45. The highest BCUT2D eigenvalue weighted by molar-refractivity contribution is 6.30. The van der Waals surface area contributed by atoms with Gasteiger partial charge in [-0.2, -0.15) is 0 Å². The molecule has 0 spiro atoms. The zero-order valence-corrected chi connectivity index (χ0v) is 24.9. The molecule has 0 bridgehead atoms. The van der Waals surface area contributed by atoms with Gasteiger partial charge in [0.05, 0.1) is 27.4 Å². The van der Waals surface area contributed by atoms with E-state index in [0.717, 1.165) is 17.0 Å². The van der Waals surface area contributed by atoms with Crippen LogP contribution in [0.1, 0.15) is 31.2 Å². The van der Waals surface area contributed by atoms with Gasteiger partial charge in [0.2, 0.25) is 11.8 Å². The highest BCUT2D eigenvalue weighted by atomic mass is 35.5. The zero-order chi connectivity index (χ0) is 32.6. The van der Waals surface area contributed by atoms with Crippen molar-refractivity contribution >= 4 is 57.7 Å². The Morgan fingerprint density at radius 3 is 2.22 bits per heavy atom. The van der Waals surface area contributed by atoms with E-state index in [2.05, 4.69) is 0 Å². The van der Waals surface area contributed by atoms with Crippen LogP contribution >= 0.6 is 11.6 Å². The third-order valence-corrected chi connectivity index (χ3v) is 9.25. The lowest BCUT2D eigenvalue weighted by atomic mass is 9.59. The van der Waals surface area contributed by atoms with Gasteiger partial charge in [0.25, 0.3) is 0 Å². The summed E-state index contributed by atoms with van der Waals surface area (Å²) in [5.41, 5.74) is -0.546. The number of phenols is 1. The first-order chi connectivity index (χ1) is 21.2. The number of rotatable bonds is 5. The van der Waals surface area contributed by atoms with Gasteiger partial charge in [-0.25, -0.2) is 4.90 Å². The number of aromatic hydroxyl groups is 1. The van der Waals surface area contributed by atoms with Crippen LogP contribution in [0, 0.1) is 38.0 Å². The molecule has 14 heteroatoms. The number of nitrogens with zero attached hydrogens (tertiary/aromatic N) is 4. The van der Waals surface area contributed by atoms with Crippen LogP contribution < -0.4 is 9.80 Å². The van der Waals surface area contributed by atoms with E-state index in [9.17, 15) is 44.5 Å². The first-order valence-corrected chi connectivity index (χ1v) is 14.3. The lowest BCUT2D eigenvalue weighted by Gasteiger charge is -2.42. The van der Waals surface area contributed by atoms with Crippen LogP contribution in [-0.4, -0.2) is 52.4 Å². The predicted molar refractivity (Wildman–Crippen MR) is 161 cm³/mol. The second kappa shape index (κ2) is 10.5. The van der Waals surface area contributed by atoms with Crippen molar-refractivity contribution in [2.75, 3.05) is 23.9 Å². The fourth-order valence-electron chi connectivity index (χ4n) is 7.20. The lowest BCUT2D eigenvalue weighted by Crippen LogP contribution is -2.39. The van der Waals surface area contributed by atoms with Crippen molar-refractivity contribution in [1.82, 2.24) is 0 Å². The molecule has 4 atom stereocenters. The number of Topliss-reactive ketones (excluding diaryl/α,β-unsaturated/α-hetero) is 1. The number of anilines is 2.